The van der Waals surface area contributed by atoms with E-state index in [9.17, 15) is 9.59 Å². The molecule has 2 amide bonds. The van der Waals surface area contributed by atoms with Crippen LogP contribution in [0.2, 0.25) is 0 Å². The Labute approximate surface area is 149 Å². The molecule has 138 valence electrons. The Balaban J connectivity index is 2.02. The van der Waals surface area contributed by atoms with Crippen LogP contribution in [0.5, 0.6) is 5.75 Å². The number of nitrogens with one attached hydrogen (secondary N) is 2. The van der Waals surface area contributed by atoms with Gasteiger partial charge in [0.1, 0.15) is 11.8 Å². The molecule has 0 radical (unpaired) electrons. The highest BCUT2D eigenvalue weighted by atomic mass is 16.5. The van der Waals surface area contributed by atoms with Crippen molar-refractivity contribution in [2.24, 2.45) is 5.92 Å². The number of carbonyl (C=O) groups excluding carboxylic acids is 2. The first-order valence-corrected chi connectivity index (χ1v) is 8.87. The van der Waals surface area contributed by atoms with Crippen molar-refractivity contribution >= 4 is 11.8 Å². The van der Waals surface area contributed by atoms with Crippen molar-refractivity contribution in [1.29, 1.82) is 0 Å². The summed E-state index contributed by atoms with van der Waals surface area (Å²) < 4.78 is 5.11. The minimum Gasteiger partial charge on any atom is -0.497 e. The molecule has 0 bridgehead atoms. The lowest BCUT2D eigenvalue weighted by atomic mass is 9.99. The number of benzene rings is 1. The number of likely N-dealkylation sites (tertiary alicyclic amines) is 1. The van der Waals surface area contributed by atoms with E-state index >= 15 is 0 Å². The summed E-state index contributed by atoms with van der Waals surface area (Å²) in [6.07, 6.45) is 1.89. The van der Waals surface area contributed by atoms with Crippen LogP contribution in [0.1, 0.15) is 37.0 Å². The second kappa shape index (κ2) is 8.85. The van der Waals surface area contributed by atoms with E-state index in [0.717, 1.165) is 25.9 Å². The molecule has 6 heteroatoms. The van der Waals surface area contributed by atoms with E-state index in [1.54, 1.807) is 31.4 Å². The molecule has 0 aliphatic carbocycles. The average molecular weight is 347 g/mol. The van der Waals surface area contributed by atoms with Crippen molar-refractivity contribution in [3.05, 3.63) is 29.8 Å². The van der Waals surface area contributed by atoms with Crippen LogP contribution >= 0.6 is 0 Å². The molecule has 0 spiro atoms. The van der Waals surface area contributed by atoms with E-state index in [-0.39, 0.29) is 17.7 Å². The summed E-state index contributed by atoms with van der Waals surface area (Å²) >= 11 is 0. The molecule has 1 aliphatic rings. The predicted molar refractivity (Wildman–Crippen MR) is 97.7 cm³/mol. The SMILES string of the molecule is CNC1CCN(C(=O)C(NC(=O)c2ccc(OC)cc2)C(C)C)CC1. The lowest BCUT2D eigenvalue weighted by molar-refractivity contribution is -0.135. The van der Waals surface area contributed by atoms with Gasteiger partial charge in [0.05, 0.1) is 7.11 Å². The molecule has 6 nitrogen and oxygen atoms in total. The number of amides is 2. The predicted octanol–water partition coefficient (Wildman–Crippen LogP) is 1.66. The van der Waals surface area contributed by atoms with Gasteiger partial charge in [-0.15, -0.1) is 0 Å². The molecule has 0 saturated carbocycles. The number of piperidine rings is 1. The molecule has 1 saturated heterocycles. The van der Waals surface area contributed by atoms with Crippen molar-refractivity contribution in [1.82, 2.24) is 15.5 Å². The maximum atomic E-state index is 12.9. The van der Waals surface area contributed by atoms with Gasteiger partial charge in [0, 0.05) is 24.7 Å². The molecule has 1 atom stereocenters. The third-order valence-corrected chi connectivity index (χ3v) is 4.79. The lowest BCUT2D eigenvalue weighted by Gasteiger charge is -2.35. The summed E-state index contributed by atoms with van der Waals surface area (Å²) in [6, 6.07) is 6.84. The number of nitrogens with zero attached hydrogens (tertiary/aromatic N) is 1. The molecule has 1 aromatic rings. The van der Waals surface area contributed by atoms with Gasteiger partial charge in [-0.25, -0.2) is 0 Å². The van der Waals surface area contributed by atoms with Crippen molar-refractivity contribution in [2.45, 2.75) is 38.8 Å². The highest BCUT2D eigenvalue weighted by Gasteiger charge is 2.31. The topological polar surface area (TPSA) is 70.7 Å². The first kappa shape index (κ1) is 19.2. The Hall–Kier alpha value is -2.08. The minimum absolute atomic E-state index is 0.00594. The largest absolute Gasteiger partial charge is 0.497 e. The first-order valence-electron chi connectivity index (χ1n) is 8.87. The number of hydrogen-bond acceptors (Lipinski definition) is 4. The van der Waals surface area contributed by atoms with Gasteiger partial charge in [-0.05, 0) is 50.1 Å². The molecule has 1 aliphatic heterocycles. The molecule has 1 unspecified atom stereocenters. The molecule has 1 aromatic carbocycles. The third kappa shape index (κ3) is 4.95. The van der Waals surface area contributed by atoms with Crippen LogP contribution < -0.4 is 15.4 Å². The molecular weight excluding hydrogens is 318 g/mol. The fourth-order valence-corrected chi connectivity index (χ4v) is 3.07. The fraction of sp³-hybridized carbons (Fsp3) is 0.579. The average Bonchev–Trinajstić information content (AvgIpc) is 2.65. The standard InChI is InChI=1S/C19H29N3O3/c1-13(2)17(19(24)22-11-9-15(20-3)10-12-22)21-18(23)14-5-7-16(25-4)8-6-14/h5-8,13,15,17,20H,9-12H2,1-4H3,(H,21,23). The molecular formula is C19H29N3O3. The van der Waals surface area contributed by atoms with E-state index in [1.165, 1.54) is 0 Å². The normalized spacial score (nSPS) is 16.6. The first-order chi connectivity index (χ1) is 12.0. The van der Waals surface area contributed by atoms with E-state index in [4.69, 9.17) is 4.74 Å². The Kier molecular flexibility index (Phi) is 6.82. The number of rotatable bonds is 6. The smallest absolute Gasteiger partial charge is 0.251 e. The van der Waals surface area contributed by atoms with Crippen molar-refractivity contribution < 1.29 is 14.3 Å². The molecule has 0 aromatic heterocycles. The van der Waals surface area contributed by atoms with Gasteiger partial charge >= 0.3 is 0 Å². The quantitative estimate of drug-likeness (QED) is 0.821. The van der Waals surface area contributed by atoms with Crippen LogP contribution in [0.25, 0.3) is 0 Å². The van der Waals surface area contributed by atoms with Crippen LogP contribution in [0.4, 0.5) is 0 Å². The summed E-state index contributed by atoms with van der Waals surface area (Å²) in [5.41, 5.74) is 0.521. The van der Waals surface area contributed by atoms with E-state index in [2.05, 4.69) is 10.6 Å². The number of methoxy groups -OCH3 is 1. The molecule has 1 fully saturated rings. The van der Waals surface area contributed by atoms with Gasteiger partial charge in [-0.2, -0.15) is 0 Å². The van der Waals surface area contributed by atoms with Gasteiger partial charge in [0.15, 0.2) is 0 Å². The number of hydrogen-bond donors (Lipinski definition) is 2. The van der Waals surface area contributed by atoms with E-state index < -0.39 is 6.04 Å². The van der Waals surface area contributed by atoms with Crippen LogP contribution in [-0.4, -0.2) is 56.0 Å². The zero-order chi connectivity index (χ0) is 18.4. The lowest BCUT2D eigenvalue weighted by Crippen LogP contribution is -2.54. The second-order valence-electron chi connectivity index (χ2n) is 6.81. The van der Waals surface area contributed by atoms with Crippen molar-refractivity contribution in [3.8, 4) is 5.75 Å². The maximum Gasteiger partial charge on any atom is 0.251 e. The van der Waals surface area contributed by atoms with Crippen LogP contribution in [0, 0.1) is 5.92 Å². The third-order valence-electron chi connectivity index (χ3n) is 4.79. The molecule has 2 rings (SSSR count). The monoisotopic (exact) mass is 347 g/mol. The number of ether oxygens (including phenoxy) is 1. The Morgan fingerprint density at radius 2 is 1.76 bits per heavy atom. The van der Waals surface area contributed by atoms with Crippen molar-refractivity contribution in [2.75, 3.05) is 27.2 Å². The summed E-state index contributed by atoms with van der Waals surface area (Å²) in [5, 5.41) is 6.17. The maximum absolute atomic E-state index is 12.9. The zero-order valence-corrected chi connectivity index (χ0v) is 15.5. The number of carbonyl (C=O) groups is 2. The highest BCUT2D eigenvalue weighted by Crippen LogP contribution is 2.16. The summed E-state index contributed by atoms with van der Waals surface area (Å²) in [5.74, 6) is 0.489. The van der Waals surface area contributed by atoms with E-state index in [1.807, 2.05) is 25.8 Å². The molecule has 1 heterocycles. The van der Waals surface area contributed by atoms with Gasteiger partial charge in [-0.3, -0.25) is 9.59 Å². The Morgan fingerprint density at radius 1 is 1.16 bits per heavy atom. The van der Waals surface area contributed by atoms with Crippen LogP contribution in [0.15, 0.2) is 24.3 Å². The summed E-state index contributed by atoms with van der Waals surface area (Å²) in [4.78, 5) is 27.3. The van der Waals surface area contributed by atoms with E-state index in [0.29, 0.717) is 17.4 Å². The van der Waals surface area contributed by atoms with Gasteiger partial charge in [-0.1, -0.05) is 13.8 Å². The van der Waals surface area contributed by atoms with Gasteiger partial charge < -0.3 is 20.3 Å². The van der Waals surface area contributed by atoms with Crippen LogP contribution in [0.3, 0.4) is 0 Å². The fourth-order valence-electron chi connectivity index (χ4n) is 3.07. The van der Waals surface area contributed by atoms with Gasteiger partial charge in [0.2, 0.25) is 5.91 Å². The van der Waals surface area contributed by atoms with Crippen molar-refractivity contribution in [3.63, 3.8) is 0 Å². The minimum atomic E-state index is -0.513. The molecule has 2 N–H and O–H groups in total. The Bertz CT molecular complexity index is 578. The summed E-state index contributed by atoms with van der Waals surface area (Å²) in [6.45, 7) is 5.37. The van der Waals surface area contributed by atoms with Gasteiger partial charge in [0.25, 0.3) is 5.91 Å². The second-order valence-corrected chi connectivity index (χ2v) is 6.81. The van der Waals surface area contributed by atoms with Crippen LogP contribution in [-0.2, 0) is 4.79 Å². The highest BCUT2D eigenvalue weighted by molar-refractivity contribution is 5.97. The Morgan fingerprint density at radius 3 is 2.24 bits per heavy atom. The summed E-state index contributed by atoms with van der Waals surface area (Å²) in [7, 11) is 3.54. The zero-order valence-electron chi connectivity index (χ0n) is 15.5. The molecule has 25 heavy (non-hydrogen) atoms.